The number of imidazole rings is 1. The SMILES string of the molecule is C=CC(=O)N1CCCC(C2CCCN(C(=O)c3cnc4cccc(C)n34)C2)C1. The highest BCUT2D eigenvalue weighted by atomic mass is 16.2. The highest BCUT2D eigenvalue weighted by Crippen LogP contribution is 2.31. The number of hydrogen-bond donors (Lipinski definition) is 0. The molecule has 2 aromatic heterocycles. The van der Waals surface area contributed by atoms with Gasteiger partial charge in [-0.3, -0.25) is 14.0 Å². The number of nitrogens with zero attached hydrogens (tertiary/aromatic N) is 4. The van der Waals surface area contributed by atoms with E-state index in [1.165, 1.54) is 6.08 Å². The molecule has 0 spiro atoms. The molecule has 2 aromatic rings. The molecule has 2 aliphatic heterocycles. The molecule has 28 heavy (non-hydrogen) atoms. The summed E-state index contributed by atoms with van der Waals surface area (Å²) < 4.78 is 1.94. The molecule has 0 saturated carbocycles. The van der Waals surface area contributed by atoms with Crippen LogP contribution in [0.1, 0.15) is 41.9 Å². The van der Waals surface area contributed by atoms with Gasteiger partial charge in [-0.05, 0) is 62.7 Å². The van der Waals surface area contributed by atoms with Crippen LogP contribution in [0, 0.1) is 18.8 Å². The quantitative estimate of drug-likeness (QED) is 0.770. The molecular weight excluding hydrogens is 352 g/mol. The third-order valence-electron chi connectivity index (χ3n) is 6.30. The van der Waals surface area contributed by atoms with Crippen LogP contribution < -0.4 is 0 Å². The van der Waals surface area contributed by atoms with Crippen molar-refractivity contribution in [2.45, 2.75) is 32.6 Å². The second kappa shape index (κ2) is 7.78. The molecule has 0 aliphatic carbocycles. The first-order chi connectivity index (χ1) is 13.6. The number of likely N-dealkylation sites (tertiary alicyclic amines) is 2. The average molecular weight is 380 g/mol. The average Bonchev–Trinajstić information content (AvgIpc) is 3.18. The van der Waals surface area contributed by atoms with Crippen molar-refractivity contribution in [2.75, 3.05) is 26.2 Å². The Balaban J connectivity index is 1.49. The fourth-order valence-electron chi connectivity index (χ4n) is 4.82. The van der Waals surface area contributed by atoms with E-state index in [2.05, 4.69) is 11.6 Å². The summed E-state index contributed by atoms with van der Waals surface area (Å²) in [5.41, 5.74) is 2.46. The smallest absolute Gasteiger partial charge is 0.272 e. The maximum Gasteiger partial charge on any atom is 0.272 e. The van der Waals surface area contributed by atoms with E-state index in [0.717, 1.165) is 63.2 Å². The van der Waals surface area contributed by atoms with Gasteiger partial charge in [0.05, 0.1) is 6.20 Å². The number of piperidine rings is 2. The van der Waals surface area contributed by atoms with Crippen LogP contribution in [-0.4, -0.2) is 57.2 Å². The summed E-state index contributed by atoms with van der Waals surface area (Å²) in [5.74, 6) is 0.978. The van der Waals surface area contributed by atoms with E-state index in [1.54, 1.807) is 6.20 Å². The number of rotatable bonds is 3. The van der Waals surface area contributed by atoms with Gasteiger partial charge in [0.25, 0.3) is 5.91 Å². The van der Waals surface area contributed by atoms with Crippen molar-refractivity contribution in [3.05, 3.63) is 48.4 Å². The van der Waals surface area contributed by atoms with E-state index in [0.29, 0.717) is 17.5 Å². The van der Waals surface area contributed by atoms with Crippen LogP contribution in [-0.2, 0) is 4.79 Å². The van der Waals surface area contributed by atoms with Crippen molar-refractivity contribution < 1.29 is 9.59 Å². The van der Waals surface area contributed by atoms with Gasteiger partial charge in [0.2, 0.25) is 5.91 Å². The third-order valence-corrected chi connectivity index (χ3v) is 6.30. The first kappa shape index (κ1) is 18.7. The number of amides is 2. The molecule has 0 aromatic carbocycles. The highest BCUT2D eigenvalue weighted by molar-refractivity contribution is 5.93. The van der Waals surface area contributed by atoms with Gasteiger partial charge in [-0.2, -0.15) is 0 Å². The van der Waals surface area contributed by atoms with Crippen LogP contribution in [0.25, 0.3) is 5.65 Å². The van der Waals surface area contributed by atoms with Gasteiger partial charge in [0, 0.05) is 31.9 Å². The maximum absolute atomic E-state index is 13.3. The second-order valence-corrected chi connectivity index (χ2v) is 8.05. The van der Waals surface area contributed by atoms with Crippen LogP contribution in [0.15, 0.2) is 37.1 Å². The molecule has 6 heteroatoms. The molecule has 4 rings (SSSR count). The van der Waals surface area contributed by atoms with E-state index >= 15 is 0 Å². The Bertz CT molecular complexity index is 903. The van der Waals surface area contributed by atoms with Crippen LogP contribution >= 0.6 is 0 Å². The molecule has 6 nitrogen and oxygen atoms in total. The van der Waals surface area contributed by atoms with Crippen LogP contribution in [0.3, 0.4) is 0 Å². The molecule has 0 bridgehead atoms. The van der Waals surface area contributed by atoms with E-state index in [-0.39, 0.29) is 11.8 Å². The fraction of sp³-hybridized carbons (Fsp3) is 0.500. The minimum Gasteiger partial charge on any atom is -0.339 e. The van der Waals surface area contributed by atoms with Crippen molar-refractivity contribution in [2.24, 2.45) is 11.8 Å². The Morgan fingerprint density at radius 3 is 2.50 bits per heavy atom. The van der Waals surface area contributed by atoms with Crippen LogP contribution in [0.2, 0.25) is 0 Å². The molecular formula is C22H28N4O2. The van der Waals surface area contributed by atoms with Gasteiger partial charge in [-0.15, -0.1) is 0 Å². The third kappa shape index (κ3) is 3.43. The number of aryl methyl sites for hydroxylation is 1. The first-order valence-corrected chi connectivity index (χ1v) is 10.2. The van der Waals surface area contributed by atoms with Crippen molar-refractivity contribution >= 4 is 17.5 Å². The van der Waals surface area contributed by atoms with Crippen molar-refractivity contribution in [1.82, 2.24) is 19.2 Å². The minimum absolute atomic E-state index is 0.0228. The number of carbonyl (C=O) groups excluding carboxylic acids is 2. The molecule has 2 aliphatic rings. The van der Waals surface area contributed by atoms with Gasteiger partial charge in [0.1, 0.15) is 11.3 Å². The Kier molecular flexibility index (Phi) is 5.20. The molecule has 2 unspecified atom stereocenters. The Labute approximate surface area is 165 Å². The lowest BCUT2D eigenvalue weighted by Gasteiger charge is -2.41. The lowest BCUT2D eigenvalue weighted by molar-refractivity contribution is -0.128. The Morgan fingerprint density at radius 2 is 1.79 bits per heavy atom. The molecule has 2 amide bonds. The maximum atomic E-state index is 13.3. The summed E-state index contributed by atoms with van der Waals surface area (Å²) in [4.78, 5) is 33.6. The zero-order valence-electron chi connectivity index (χ0n) is 16.5. The second-order valence-electron chi connectivity index (χ2n) is 8.05. The van der Waals surface area contributed by atoms with Gasteiger partial charge in [-0.25, -0.2) is 4.98 Å². The summed E-state index contributed by atoms with van der Waals surface area (Å²) in [6.07, 6.45) is 7.39. The molecule has 2 saturated heterocycles. The predicted octanol–water partition coefficient (Wildman–Crippen LogP) is 2.92. The predicted molar refractivity (Wildman–Crippen MR) is 108 cm³/mol. The van der Waals surface area contributed by atoms with Gasteiger partial charge in [0.15, 0.2) is 0 Å². The molecule has 0 N–H and O–H groups in total. The molecule has 0 radical (unpaired) electrons. The minimum atomic E-state index is 0.0228. The van der Waals surface area contributed by atoms with Crippen molar-refractivity contribution in [1.29, 1.82) is 0 Å². The number of hydrogen-bond acceptors (Lipinski definition) is 3. The summed E-state index contributed by atoms with van der Waals surface area (Å²) >= 11 is 0. The van der Waals surface area contributed by atoms with Gasteiger partial charge in [-0.1, -0.05) is 12.6 Å². The monoisotopic (exact) mass is 380 g/mol. The van der Waals surface area contributed by atoms with E-state index in [4.69, 9.17) is 0 Å². The number of carbonyl (C=O) groups is 2. The summed E-state index contributed by atoms with van der Waals surface area (Å²) in [6, 6.07) is 5.88. The molecule has 2 atom stereocenters. The normalized spacial score (nSPS) is 23.0. The van der Waals surface area contributed by atoms with Gasteiger partial charge < -0.3 is 9.80 Å². The topological polar surface area (TPSA) is 57.9 Å². The van der Waals surface area contributed by atoms with Crippen LogP contribution in [0.4, 0.5) is 0 Å². The largest absolute Gasteiger partial charge is 0.339 e. The molecule has 4 heterocycles. The summed E-state index contributed by atoms with van der Waals surface area (Å²) in [6.45, 7) is 8.77. The standard InChI is InChI=1S/C22H28N4O2/c1-3-21(27)24-11-5-8-17(14-24)18-9-6-12-25(15-18)22(28)19-13-23-20-10-4-7-16(2)26(19)20/h3-4,7,10,13,17-18H,1,5-6,8-9,11-12,14-15H2,2H3. The van der Waals surface area contributed by atoms with Gasteiger partial charge >= 0.3 is 0 Å². The van der Waals surface area contributed by atoms with E-state index < -0.39 is 0 Å². The van der Waals surface area contributed by atoms with E-state index in [9.17, 15) is 9.59 Å². The lowest BCUT2D eigenvalue weighted by Crippen LogP contribution is -2.47. The van der Waals surface area contributed by atoms with Crippen LogP contribution in [0.5, 0.6) is 0 Å². The molecule has 148 valence electrons. The molecule has 2 fully saturated rings. The summed E-state index contributed by atoms with van der Waals surface area (Å²) in [5, 5.41) is 0. The number of fused-ring (bicyclic) bond motifs is 1. The summed E-state index contributed by atoms with van der Waals surface area (Å²) in [7, 11) is 0. The van der Waals surface area contributed by atoms with Crippen molar-refractivity contribution in [3.63, 3.8) is 0 Å². The highest BCUT2D eigenvalue weighted by Gasteiger charge is 2.34. The Morgan fingerprint density at radius 1 is 1.11 bits per heavy atom. The zero-order chi connectivity index (χ0) is 19.7. The zero-order valence-corrected chi connectivity index (χ0v) is 16.5. The first-order valence-electron chi connectivity index (χ1n) is 10.2. The Hall–Kier alpha value is -2.63. The van der Waals surface area contributed by atoms with Crippen molar-refractivity contribution in [3.8, 4) is 0 Å². The fourth-order valence-corrected chi connectivity index (χ4v) is 4.82. The lowest BCUT2D eigenvalue weighted by atomic mass is 9.80. The number of pyridine rings is 1. The van der Waals surface area contributed by atoms with E-state index in [1.807, 2.05) is 39.3 Å². The number of aromatic nitrogens is 2.